The second-order valence-corrected chi connectivity index (χ2v) is 5.83. The van der Waals surface area contributed by atoms with E-state index < -0.39 is 0 Å². The molecule has 1 saturated heterocycles. The van der Waals surface area contributed by atoms with Gasteiger partial charge in [0.1, 0.15) is 11.5 Å². The van der Waals surface area contributed by atoms with Crippen LogP contribution in [0.5, 0.6) is 11.5 Å². The molecule has 0 saturated carbocycles. The highest BCUT2D eigenvalue weighted by molar-refractivity contribution is 5.97. The first-order chi connectivity index (χ1) is 11.3. The van der Waals surface area contributed by atoms with Crippen molar-refractivity contribution in [3.63, 3.8) is 0 Å². The first kappa shape index (κ1) is 15.6. The fraction of sp³-hybridized carbons (Fsp3) is 0.316. The first-order valence-electron chi connectivity index (χ1n) is 8.14. The fourth-order valence-electron chi connectivity index (χ4n) is 2.79. The number of carbonyl (C=O) groups is 1. The minimum absolute atomic E-state index is 0.0814. The molecule has 1 fully saturated rings. The van der Waals surface area contributed by atoms with Crippen LogP contribution in [0.1, 0.15) is 23.2 Å². The highest BCUT2D eigenvalue weighted by atomic mass is 16.5. The molecule has 4 nitrogen and oxygen atoms in total. The van der Waals surface area contributed by atoms with E-state index in [1.165, 1.54) is 6.42 Å². The van der Waals surface area contributed by atoms with Gasteiger partial charge >= 0.3 is 0 Å². The van der Waals surface area contributed by atoms with Crippen LogP contribution >= 0.6 is 0 Å². The zero-order chi connectivity index (χ0) is 15.9. The van der Waals surface area contributed by atoms with E-state index >= 15 is 0 Å². The number of amides is 1. The standard InChI is InChI=1S/C19H22N2O2/c22-19(21-14-15-7-6-12-20-13-15)17-10-4-5-11-18(17)23-16-8-2-1-3-9-16/h1-5,8-11,15,20H,6-7,12-14H2,(H,21,22). The lowest BCUT2D eigenvalue weighted by atomic mass is 9.99. The lowest BCUT2D eigenvalue weighted by Gasteiger charge is -2.23. The minimum atomic E-state index is -0.0814. The van der Waals surface area contributed by atoms with Crippen molar-refractivity contribution in [2.75, 3.05) is 19.6 Å². The van der Waals surface area contributed by atoms with Crippen LogP contribution < -0.4 is 15.4 Å². The second-order valence-electron chi connectivity index (χ2n) is 5.83. The number of rotatable bonds is 5. The summed E-state index contributed by atoms with van der Waals surface area (Å²) in [7, 11) is 0. The Hall–Kier alpha value is -2.33. The molecule has 1 unspecified atom stereocenters. The number of carbonyl (C=O) groups excluding carboxylic acids is 1. The molecule has 1 aliphatic heterocycles. The normalized spacial score (nSPS) is 17.5. The van der Waals surface area contributed by atoms with Crippen LogP contribution in [0, 0.1) is 5.92 Å². The molecule has 2 aromatic rings. The molecule has 0 bridgehead atoms. The van der Waals surface area contributed by atoms with Crippen LogP contribution in [0.2, 0.25) is 0 Å². The molecule has 0 aliphatic carbocycles. The van der Waals surface area contributed by atoms with Crippen LogP contribution in [-0.4, -0.2) is 25.5 Å². The number of piperidine rings is 1. The average Bonchev–Trinajstić information content (AvgIpc) is 2.62. The van der Waals surface area contributed by atoms with Gasteiger partial charge in [0, 0.05) is 6.54 Å². The zero-order valence-electron chi connectivity index (χ0n) is 13.1. The zero-order valence-corrected chi connectivity index (χ0v) is 13.1. The molecule has 2 aromatic carbocycles. The van der Waals surface area contributed by atoms with Crippen LogP contribution in [0.4, 0.5) is 0 Å². The third-order valence-electron chi connectivity index (χ3n) is 4.05. The number of ether oxygens (including phenoxy) is 1. The van der Waals surface area contributed by atoms with Gasteiger partial charge in [-0.2, -0.15) is 0 Å². The summed E-state index contributed by atoms with van der Waals surface area (Å²) in [6.07, 6.45) is 2.34. The van der Waals surface area contributed by atoms with Crippen molar-refractivity contribution >= 4 is 5.91 Å². The summed E-state index contributed by atoms with van der Waals surface area (Å²) in [5.41, 5.74) is 0.570. The maximum atomic E-state index is 12.5. The molecule has 3 rings (SSSR count). The average molecular weight is 310 g/mol. The van der Waals surface area contributed by atoms with Crippen molar-refractivity contribution in [3.05, 3.63) is 60.2 Å². The first-order valence-corrected chi connectivity index (χ1v) is 8.14. The Balaban J connectivity index is 1.65. The van der Waals surface area contributed by atoms with E-state index in [0.717, 1.165) is 25.3 Å². The largest absolute Gasteiger partial charge is 0.457 e. The van der Waals surface area contributed by atoms with Gasteiger partial charge in [0.2, 0.25) is 0 Å². The molecule has 2 N–H and O–H groups in total. The van der Waals surface area contributed by atoms with E-state index in [0.29, 0.717) is 23.8 Å². The number of hydrogen-bond donors (Lipinski definition) is 2. The van der Waals surface area contributed by atoms with Gasteiger partial charge in [-0.05, 0) is 56.1 Å². The third kappa shape index (κ3) is 4.33. The highest BCUT2D eigenvalue weighted by Gasteiger charge is 2.16. The topological polar surface area (TPSA) is 50.4 Å². The lowest BCUT2D eigenvalue weighted by molar-refractivity contribution is 0.0942. The molecule has 23 heavy (non-hydrogen) atoms. The van der Waals surface area contributed by atoms with Crippen LogP contribution in [0.15, 0.2) is 54.6 Å². The van der Waals surface area contributed by atoms with Crippen molar-refractivity contribution in [1.29, 1.82) is 0 Å². The van der Waals surface area contributed by atoms with Gasteiger partial charge in [0.15, 0.2) is 0 Å². The molecule has 1 heterocycles. The van der Waals surface area contributed by atoms with Crippen molar-refractivity contribution < 1.29 is 9.53 Å². The van der Waals surface area contributed by atoms with Gasteiger partial charge in [-0.3, -0.25) is 4.79 Å². The molecular weight excluding hydrogens is 288 g/mol. The Morgan fingerprint density at radius 3 is 2.70 bits per heavy atom. The molecule has 4 heteroatoms. The Kier molecular flexibility index (Phi) is 5.27. The number of hydrogen-bond acceptors (Lipinski definition) is 3. The van der Waals surface area contributed by atoms with Gasteiger partial charge in [0.05, 0.1) is 5.56 Å². The Labute approximate surface area is 136 Å². The highest BCUT2D eigenvalue weighted by Crippen LogP contribution is 2.25. The molecule has 1 aliphatic rings. The van der Waals surface area contributed by atoms with Crippen molar-refractivity contribution in [2.24, 2.45) is 5.92 Å². The van der Waals surface area contributed by atoms with E-state index in [-0.39, 0.29) is 5.91 Å². The van der Waals surface area contributed by atoms with Gasteiger partial charge < -0.3 is 15.4 Å². The molecule has 120 valence electrons. The SMILES string of the molecule is O=C(NCC1CCCNC1)c1ccccc1Oc1ccccc1. The van der Waals surface area contributed by atoms with Crippen molar-refractivity contribution in [3.8, 4) is 11.5 Å². The fourth-order valence-corrected chi connectivity index (χ4v) is 2.79. The number of benzene rings is 2. The molecule has 1 atom stereocenters. The van der Waals surface area contributed by atoms with Gasteiger partial charge in [-0.25, -0.2) is 0 Å². The summed E-state index contributed by atoms with van der Waals surface area (Å²) < 4.78 is 5.85. The summed E-state index contributed by atoms with van der Waals surface area (Å²) in [4.78, 5) is 12.5. The Bertz CT molecular complexity index is 637. The van der Waals surface area contributed by atoms with Gasteiger partial charge in [0.25, 0.3) is 5.91 Å². The van der Waals surface area contributed by atoms with E-state index in [1.54, 1.807) is 6.07 Å². The maximum Gasteiger partial charge on any atom is 0.255 e. The van der Waals surface area contributed by atoms with Gasteiger partial charge in [-0.15, -0.1) is 0 Å². The predicted molar refractivity (Wildman–Crippen MR) is 90.9 cm³/mol. The molecule has 0 aromatic heterocycles. The summed E-state index contributed by atoms with van der Waals surface area (Å²) in [5, 5.41) is 6.40. The quantitative estimate of drug-likeness (QED) is 0.891. The third-order valence-corrected chi connectivity index (χ3v) is 4.05. The summed E-state index contributed by atoms with van der Waals surface area (Å²) in [6, 6.07) is 16.9. The van der Waals surface area contributed by atoms with Crippen LogP contribution in [0.3, 0.4) is 0 Å². The van der Waals surface area contributed by atoms with Gasteiger partial charge in [-0.1, -0.05) is 30.3 Å². The molecule has 0 spiro atoms. The summed E-state index contributed by atoms with van der Waals surface area (Å²) in [5.74, 6) is 1.74. The Morgan fingerprint density at radius 1 is 1.13 bits per heavy atom. The van der Waals surface area contributed by atoms with E-state index in [4.69, 9.17) is 4.74 Å². The maximum absolute atomic E-state index is 12.5. The van der Waals surface area contributed by atoms with Crippen molar-refractivity contribution in [1.82, 2.24) is 10.6 Å². The number of nitrogens with one attached hydrogen (secondary N) is 2. The predicted octanol–water partition coefficient (Wildman–Crippen LogP) is 3.21. The molecule has 1 amide bonds. The van der Waals surface area contributed by atoms with E-state index in [1.807, 2.05) is 48.5 Å². The summed E-state index contributed by atoms with van der Waals surface area (Å²) in [6.45, 7) is 2.76. The van der Waals surface area contributed by atoms with E-state index in [9.17, 15) is 4.79 Å². The smallest absolute Gasteiger partial charge is 0.255 e. The van der Waals surface area contributed by atoms with E-state index in [2.05, 4.69) is 10.6 Å². The minimum Gasteiger partial charge on any atom is -0.457 e. The monoisotopic (exact) mass is 310 g/mol. The van der Waals surface area contributed by atoms with Crippen molar-refractivity contribution in [2.45, 2.75) is 12.8 Å². The summed E-state index contributed by atoms with van der Waals surface area (Å²) >= 11 is 0. The van der Waals surface area contributed by atoms with Crippen LogP contribution in [0.25, 0.3) is 0 Å². The second kappa shape index (κ2) is 7.79. The lowest BCUT2D eigenvalue weighted by Crippen LogP contribution is -2.38. The Morgan fingerprint density at radius 2 is 1.91 bits per heavy atom. The number of para-hydroxylation sites is 2. The molecular formula is C19H22N2O2. The molecule has 0 radical (unpaired) electrons. The van der Waals surface area contributed by atoms with Crippen LogP contribution in [-0.2, 0) is 0 Å².